The number of amides is 2. The number of hydrogen-bond acceptors (Lipinski definition) is 3. The number of benzene rings is 1. The van der Waals surface area contributed by atoms with Gasteiger partial charge < -0.3 is 21.3 Å². The molecule has 1 aromatic heterocycles. The molecule has 0 aliphatic carbocycles. The SMILES string of the molecule is CCNC(=NCc1ccc(NC(=O)NC(C)C)cc1)NC(C)Cc1c(C)nn(C)c1C. The number of urea groups is 1. The highest BCUT2D eigenvalue weighted by atomic mass is 16.2. The maximum atomic E-state index is 11.8. The van der Waals surface area contributed by atoms with Crippen molar-refractivity contribution in [1.29, 1.82) is 0 Å². The summed E-state index contributed by atoms with van der Waals surface area (Å²) in [5.74, 6) is 0.785. The molecule has 0 saturated carbocycles. The summed E-state index contributed by atoms with van der Waals surface area (Å²) >= 11 is 0. The Morgan fingerprint density at radius 3 is 2.35 bits per heavy atom. The van der Waals surface area contributed by atoms with E-state index in [1.807, 2.05) is 49.8 Å². The van der Waals surface area contributed by atoms with Gasteiger partial charge in [-0.25, -0.2) is 9.79 Å². The minimum atomic E-state index is -0.201. The topological polar surface area (TPSA) is 95.4 Å². The second-order valence-electron chi connectivity index (χ2n) is 8.17. The normalized spacial score (nSPS) is 12.6. The van der Waals surface area contributed by atoms with Crippen molar-refractivity contribution >= 4 is 17.7 Å². The van der Waals surface area contributed by atoms with E-state index in [-0.39, 0.29) is 18.1 Å². The van der Waals surface area contributed by atoms with Crippen LogP contribution in [0.1, 0.15) is 50.2 Å². The molecular formula is C23H37N7O. The van der Waals surface area contributed by atoms with Gasteiger partial charge in [0.05, 0.1) is 12.2 Å². The number of nitrogens with one attached hydrogen (secondary N) is 4. The number of anilines is 1. The molecule has 0 aliphatic heterocycles. The van der Waals surface area contributed by atoms with Gasteiger partial charge in [-0.2, -0.15) is 5.10 Å². The highest BCUT2D eigenvalue weighted by molar-refractivity contribution is 5.89. The number of aromatic nitrogens is 2. The van der Waals surface area contributed by atoms with Crippen LogP contribution in [0.2, 0.25) is 0 Å². The van der Waals surface area contributed by atoms with Crippen LogP contribution in [0.3, 0.4) is 0 Å². The Labute approximate surface area is 185 Å². The molecule has 0 aliphatic rings. The minimum Gasteiger partial charge on any atom is -0.357 e. The lowest BCUT2D eigenvalue weighted by Crippen LogP contribution is -2.43. The molecule has 2 aromatic rings. The molecule has 0 spiro atoms. The van der Waals surface area contributed by atoms with Crippen LogP contribution in [-0.4, -0.2) is 40.4 Å². The van der Waals surface area contributed by atoms with Gasteiger partial charge in [-0.1, -0.05) is 12.1 Å². The molecule has 2 rings (SSSR count). The van der Waals surface area contributed by atoms with Gasteiger partial charge in [-0.05, 0) is 71.2 Å². The molecule has 31 heavy (non-hydrogen) atoms. The van der Waals surface area contributed by atoms with Crippen molar-refractivity contribution in [3.8, 4) is 0 Å². The van der Waals surface area contributed by atoms with Crippen LogP contribution < -0.4 is 21.3 Å². The molecule has 0 fully saturated rings. The Hall–Kier alpha value is -3.03. The first-order valence-electron chi connectivity index (χ1n) is 10.9. The number of nitrogens with zero attached hydrogens (tertiary/aromatic N) is 3. The zero-order valence-electron chi connectivity index (χ0n) is 19.8. The fourth-order valence-corrected chi connectivity index (χ4v) is 3.32. The summed E-state index contributed by atoms with van der Waals surface area (Å²) in [5.41, 5.74) is 5.38. The highest BCUT2D eigenvalue weighted by Crippen LogP contribution is 2.14. The van der Waals surface area contributed by atoms with Crippen molar-refractivity contribution in [3.05, 3.63) is 46.8 Å². The van der Waals surface area contributed by atoms with Gasteiger partial charge in [0, 0.05) is 37.1 Å². The summed E-state index contributed by atoms with van der Waals surface area (Å²) in [5, 5.41) is 17.0. The third-order valence-corrected chi connectivity index (χ3v) is 4.95. The van der Waals surface area contributed by atoms with E-state index in [0.717, 1.165) is 35.9 Å². The molecule has 8 nitrogen and oxygen atoms in total. The Kier molecular flexibility index (Phi) is 8.90. The van der Waals surface area contributed by atoms with Crippen molar-refractivity contribution in [3.63, 3.8) is 0 Å². The van der Waals surface area contributed by atoms with E-state index >= 15 is 0 Å². The van der Waals surface area contributed by atoms with E-state index in [9.17, 15) is 4.79 Å². The predicted molar refractivity (Wildman–Crippen MR) is 128 cm³/mol. The first-order chi connectivity index (χ1) is 14.7. The molecule has 1 atom stereocenters. The third kappa shape index (κ3) is 7.62. The molecule has 0 radical (unpaired) electrons. The molecule has 1 unspecified atom stereocenters. The lowest BCUT2D eigenvalue weighted by molar-refractivity contribution is 0.250. The summed E-state index contributed by atoms with van der Waals surface area (Å²) in [6.07, 6.45) is 0.884. The monoisotopic (exact) mass is 427 g/mol. The quantitative estimate of drug-likeness (QED) is 0.384. The fourth-order valence-electron chi connectivity index (χ4n) is 3.32. The van der Waals surface area contributed by atoms with Crippen molar-refractivity contribution in [2.24, 2.45) is 12.0 Å². The number of carbonyl (C=O) groups excluding carboxylic acids is 1. The molecule has 0 bridgehead atoms. The molecule has 4 N–H and O–H groups in total. The lowest BCUT2D eigenvalue weighted by Gasteiger charge is -2.18. The standard InChI is InChI=1S/C23H37N7O/c1-8-24-22(27-16(4)13-21-17(5)29-30(7)18(21)6)25-14-19-9-11-20(12-10-19)28-23(31)26-15(2)3/h9-12,15-16H,8,13-14H2,1-7H3,(H2,24,25,27)(H2,26,28,31). The summed E-state index contributed by atoms with van der Waals surface area (Å²) in [6.45, 7) is 13.6. The highest BCUT2D eigenvalue weighted by Gasteiger charge is 2.14. The van der Waals surface area contributed by atoms with Gasteiger partial charge in [0.2, 0.25) is 0 Å². The maximum absolute atomic E-state index is 11.8. The van der Waals surface area contributed by atoms with Crippen LogP contribution in [0.25, 0.3) is 0 Å². The van der Waals surface area contributed by atoms with E-state index < -0.39 is 0 Å². The average Bonchev–Trinajstić information content (AvgIpc) is 2.92. The van der Waals surface area contributed by atoms with E-state index in [1.54, 1.807) is 0 Å². The molecule has 2 amide bonds. The van der Waals surface area contributed by atoms with Gasteiger partial charge in [-0.15, -0.1) is 0 Å². The lowest BCUT2D eigenvalue weighted by atomic mass is 10.1. The van der Waals surface area contributed by atoms with E-state index in [1.165, 1.54) is 11.3 Å². The Morgan fingerprint density at radius 1 is 1.13 bits per heavy atom. The Balaban J connectivity index is 1.96. The second-order valence-corrected chi connectivity index (χ2v) is 8.17. The van der Waals surface area contributed by atoms with Crippen LogP contribution in [0.15, 0.2) is 29.3 Å². The summed E-state index contributed by atoms with van der Waals surface area (Å²) in [4.78, 5) is 16.5. The number of carbonyl (C=O) groups is 1. The van der Waals surface area contributed by atoms with E-state index in [4.69, 9.17) is 4.99 Å². The van der Waals surface area contributed by atoms with Gasteiger partial charge in [-0.3, -0.25) is 4.68 Å². The van der Waals surface area contributed by atoms with Gasteiger partial charge in [0.1, 0.15) is 0 Å². The predicted octanol–water partition coefficient (Wildman–Crippen LogP) is 3.25. The number of hydrogen-bond donors (Lipinski definition) is 4. The van der Waals surface area contributed by atoms with Gasteiger partial charge in [0.25, 0.3) is 0 Å². The Bertz CT molecular complexity index is 884. The van der Waals surface area contributed by atoms with Crippen LogP contribution in [0.5, 0.6) is 0 Å². The van der Waals surface area contributed by atoms with Crippen LogP contribution in [0, 0.1) is 13.8 Å². The molecule has 1 heterocycles. The number of rotatable bonds is 8. The van der Waals surface area contributed by atoms with Crippen molar-refractivity contribution in [2.75, 3.05) is 11.9 Å². The molecule has 0 saturated heterocycles. The largest absolute Gasteiger partial charge is 0.357 e. The second kappa shape index (κ2) is 11.4. The van der Waals surface area contributed by atoms with Gasteiger partial charge >= 0.3 is 6.03 Å². The molecule has 170 valence electrons. The van der Waals surface area contributed by atoms with Crippen LogP contribution in [0.4, 0.5) is 10.5 Å². The zero-order valence-corrected chi connectivity index (χ0v) is 19.8. The van der Waals surface area contributed by atoms with Crippen molar-refractivity contribution in [1.82, 2.24) is 25.7 Å². The summed E-state index contributed by atoms with van der Waals surface area (Å²) < 4.78 is 1.93. The Morgan fingerprint density at radius 2 is 1.81 bits per heavy atom. The third-order valence-electron chi connectivity index (χ3n) is 4.95. The number of aliphatic imine (C=N–C) groups is 1. The number of aryl methyl sites for hydroxylation is 2. The first kappa shape index (κ1) is 24.2. The summed E-state index contributed by atoms with van der Waals surface area (Å²) in [6, 6.07) is 7.84. The van der Waals surface area contributed by atoms with Crippen molar-refractivity contribution in [2.45, 2.75) is 66.6 Å². The zero-order chi connectivity index (χ0) is 23.0. The maximum Gasteiger partial charge on any atom is 0.319 e. The first-order valence-corrected chi connectivity index (χ1v) is 10.9. The van der Waals surface area contributed by atoms with E-state index in [0.29, 0.717) is 6.54 Å². The van der Waals surface area contributed by atoms with Crippen LogP contribution in [-0.2, 0) is 20.0 Å². The van der Waals surface area contributed by atoms with Gasteiger partial charge in [0.15, 0.2) is 5.96 Å². The molecular weight excluding hydrogens is 390 g/mol. The summed E-state index contributed by atoms with van der Waals surface area (Å²) in [7, 11) is 1.98. The number of guanidine groups is 1. The average molecular weight is 428 g/mol. The molecule has 8 heteroatoms. The van der Waals surface area contributed by atoms with Crippen LogP contribution >= 0.6 is 0 Å². The molecule has 1 aromatic carbocycles. The smallest absolute Gasteiger partial charge is 0.319 e. The minimum absolute atomic E-state index is 0.0963. The van der Waals surface area contributed by atoms with E-state index in [2.05, 4.69) is 54.1 Å². The van der Waals surface area contributed by atoms with Crippen molar-refractivity contribution < 1.29 is 4.79 Å². The fraction of sp³-hybridized carbons (Fsp3) is 0.522.